The number of aryl methyl sites for hydroxylation is 1. The topological polar surface area (TPSA) is 55.4 Å². The fourth-order valence-electron chi connectivity index (χ4n) is 2.50. The lowest BCUT2D eigenvalue weighted by molar-refractivity contribution is -0.153. The number of rotatable bonds is 6. The molecule has 1 N–H and O–H groups in total. The van der Waals surface area contributed by atoms with E-state index in [9.17, 15) is 9.59 Å². The Labute approximate surface area is 150 Å². The molecule has 0 bridgehead atoms. The number of amides is 1. The monoisotopic (exact) mass is 353 g/mol. The Kier molecular flexibility index (Phi) is 5.46. The highest BCUT2D eigenvalue weighted by Gasteiger charge is 2.18. The van der Waals surface area contributed by atoms with Crippen molar-refractivity contribution in [3.05, 3.63) is 64.9 Å². The molecule has 1 aromatic heterocycles. The van der Waals surface area contributed by atoms with Crippen molar-refractivity contribution >= 4 is 39.7 Å². The van der Waals surface area contributed by atoms with Crippen molar-refractivity contribution in [3.8, 4) is 0 Å². The molecule has 5 heteroatoms. The average Bonchev–Trinajstić information content (AvgIpc) is 3.13. The summed E-state index contributed by atoms with van der Waals surface area (Å²) in [6.07, 6.45) is 0.0752. The number of hydrogen-bond acceptors (Lipinski definition) is 4. The Bertz CT molecular complexity index is 874. The molecule has 25 heavy (non-hydrogen) atoms. The van der Waals surface area contributed by atoms with Crippen molar-refractivity contribution in [2.24, 2.45) is 0 Å². The number of anilines is 1. The summed E-state index contributed by atoms with van der Waals surface area (Å²) in [5, 5.41) is 6.91. The first-order valence-corrected chi connectivity index (χ1v) is 9.01. The molecule has 0 saturated heterocycles. The number of esters is 1. The van der Waals surface area contributed by atoms with Gasteiger partial charge in [0.25, 0.3) is 5.91 Å². The molecule has 3 aromatic rings. The van der Waals surface area contributed by atoms with Crippen molar-refractivity contribution in [3.63, 3.8) is 0 Å². The van der Waals surface area contributed by atoms with Crippen LogP contribution < -0.4 is 5.32 Å². The summed E-state index contributed by atoms with van der Waals surface area (Å²) in [7, 11) is 0. The van der Waals surface area contributed by atoms with Crippen LogP contribution in [0.3, 0.4) is 0 Å². The van der Waals surface area contributed by atoms with Crippen molar-refractivity contribution in [2.45, 2.75) is 25.9 Å². The minimum atomic E-state index is -0.831. The fourth-order valence-corrected chi connectivity index (χ4v) is 3.21. The highest BCUT2D eigenvalue weighted by molar-refractivity contribution is 7.09. The summed E-state index contributed by atoms with van der Waals surface area (Å²) in [6.45, 7) is 1.58. The summed E-state index contributed by atoms with van der Waals surface area (Å²) in [4.78, 5) is 25.2. The Hall–Kier alpha value is -2.66. The van der Waals surface area contributed by atoms with Crippen LogP contribution in [0.1, 0.15) is 18.2 Å². The highest BCUT2D eigenvalue weighted by Crippen LogP contribution is 2.19. The molecule has 0 saturated carbocycles. The maximum Gasteiger partial charge on any atom is 0.306 e. The number of benzene rings is 2. The summed E-state index contributed by atoms with van der Waals surface area (Å²) in [5.74, 6) is -0.700. The van der Waals surface area contributed by atoms with Crippen LogP contribution in [0.4, 0.5) is 5.69 Å². The zero-order chi connectivity index (χ0) is 17.6. The molecule has 128 valence electrons. The molecule has 3 rings (SSSR count). The quantitative estimate of drug-likeness (QED) is 0.668. The molecule has 1 amide bonds. The van der Waals surface area contributed by atoms with E-state index in [4.69, 9.17) is 4.74 Å². The molecule has 0 aliphatic heterocycles. The molecular formula is C20H19NO3S. The zero-order valence-corrected chi connectivity index (χ0v) is 14.7. The van der Waals surface area contributed by atoms with Crippen molar-refractivity contribution < 1.29 is 14.3 Å². The normalized spacial score (nSPS) is 11.9. The smallest absolute Gasteiger partial charge is 0.306 e. The van der Waals surface area contributed by atoms with Gasteiger partial charge in [-0.15, -0.1) is 11.3 Å². The van der Waals surface area contributed by atoms with E-state index in [1.165, 1.54) is 0 Å². The zero-order valence-electron chi connectivity index (χ0n) is 13.9. The molecule has 1 heterocycles. The molecule has 0 fully saturated rings. The van der Waals surface area contributed by atoms with Gasteiger partial charge in [0, 0.05) is 10.6 Å². The van der Waals surface area contributed by atoms with Gasteiger partial charge in [0.05, 0.1) is 6.42 Å². The summed E-state index contributed by atoms with van der Waals surface area (Å²) >= 11 is 1.61. The van der Waals surface area contributed by atoms with Crippen molar-refractivity contribution in [1.82, 2.24) is 0 Å². The van der Waals surface area contributed by atoms with Crippen LogP contribution in [0.2, 0.25) is 0 Å². The lowest BCUT2D eigenvalue weighted by atomic mass is 10.1. The van der Waals surface area contributed by atoms with Gasteiger partial charge in [0.15, 0.2) is 6.10 Å². The van der Waals surface area contributed by atoms with E-state index in [0.717, 1.165) is 15.6 Å². The number of carbonyl (C=O) groups is 2. The van der Waals surface area contributed by atoms with Gasteiger partial charge in [0.2, 0.25) is 0 Å². The Morgan fingerprint density at radius 1 is 1.08 bits per heavy atom. The van der Waals surface area contributed by atoms with E-state index >= 15 is 0 Å². The Balaban J connectivity index is 1.53. The number of fused-ring (bicyclic) bond motifs is 1. The lowest BCUT2D eigenvalue weighted by Gasteiger charge is -2.14. The summed E-state index contributed by atoms with van der Waals surface area (Å²) in [6, 6.07) is 17.5. The molecule has 2 aromatic carbocycles. The van der Waals surface area contributed by atoms with Crippen molar-refractivity contribution in [2.75, 3.05) is 5.32 Å². The van der Waals surface area contributed by atoms with Crippen LogP contribution in [0.15, 0.2) is 60.0 Å². The standard InChI is InChI=1S/C20H19NO3S/c1-14(24-19(22)11-10-18-7-4-12-25-18)20(23)21-17-9-8-15-5-2-3-6-16(15)13-17/h2-9,12-14H,10-11H2,1H3,(H,21,23)/t14-/m1/s1. The first-order valence-electron chi connectivity index (χ1n) is 8.13. The highest BCUT2D eigenvalue weighted by atomic mass is 32.1. The summed E-state index contributed by atoms with van der Waals surface area (Å²) < 4.78 is 5.22. The van der Waals surface area contributed by atoms with Crippen molar-refractivity contribution in [1.29, 1.82) is 0 Å². The van der Waals surface area contributed by atoms with E-state index in [0.29, 0.717) is 12.1 Å². The lowest BCUT2D eigenvalue weighted by Crippen LogP contribution is -2.30. The van der Waals surface area contributed by atoms with Crippen LogP contribution in [-0.4, -0.2) is 18.0 Å². The van der Waals surface area contributed by atoms with Crippen LogP contribution in [-0.2, 0) is 20.7 Å². The van der Waals surface area contributed by atoms with Gasteiger partial charge in [-0.05, 0) is 47.7 Å². The van der Waals surface area contributed by atoms with E-state index in [1.54, 1.807) is 18.3 Å². The van der Waals surface area contributed by atoms with E-state index in [-0.39, 0.29) is 18.3 Å². The van der Waals surface area contributed by atoms with Gasteiger partial charge in [-0.25, -0.2) is 0 Å². The summed E-state index contributed by atoms with van der Waals surface area (Å²) in [5.41, 5.74) is 0.685. The second kappa shape index (κ2) is 7.94. The first kappa shape index (κ1) is 17.2. The second-order valence-electron chi connectivity index (χ2n) is 5.76. The molecular weight excluding hydrogens is 334 g/mol. The second-order valence-corrected chi connectivity index (χ2v) is 6.79. The van der Waals surface area contributed by atoms with Gasteiger partial charge in [0.1, 0.15) is 0 Å². The SMILES string of the molecule is C[C@@H](OC(=O)CCc1cccs1)C(=O)Nc1ccc2ccccc2c1. The minimum absolute atomic E-state index is 0.272. The third-order valence-corrected chi connectivity index (χ3v) is 4.79. The molecule has 0 aliphatic carbocycles. The van der Waals surface area contributed by atoms with Crippen LogP contribution in [0.5, 0.6) is 0 Å². The minimum Gasteiger partial charge on any atom is -0.453 e. The molecule has 0 unspecified atom stereocenters. The van der Waals surface area contributed by atoms with Crippen LogP contribution in [0, 0.1) is 0 Å². The number of nitrogens with one attached hydrogen (secondary N) is 1. The molecule has 1 atom stereocenters. The van der Waals surface area contributed by atoms with Gasteiger partial charge >= 0.3 is 5.97 Å². The predicted octanol–water partition coefficient (Wildman–Crippen LogP) is 4.40. The fraction of sp³-hybridized carbons (Fsp3) is 0.200. The largest absolute Gasteiger partial charge is 0.453 e. The maximum absolute atomic E-state index is 12.2. The number of thiophene rings is 1. The number of carbonyl (C=O) groups excluding carboxylic acids is 2. The van der Waals surface area contributed by atoms with E-state index in [1.807, 2.05) is 60.0 Å². The van der Waals surface area contributed by atoms with Gasteiger partial charge in [-0.2, -0.15) is 0 Å². The van der Waals surface area contributed by atoms with E-state index in [2.05, 4.69) is 5.32 Å². The maximum atomic E-state index is 12.2. The number of hydrogen-bond donors (Lipinski definition) is 1. The average molecular weight is 353 g/mol. The first-order chi connectivity index (χ1) is 12.1. The molecule has 0 aliphatic rings. The van der Waals surface area contributed by atoms with Gasteiger partial charge < -0.3 is 10.1 Å². The van der Waals surface area contributed by atoms with Crippen LogP contribution in [0.25, 0.3) is 10.8 Å². The molecule has 0 radical (unpaired) electrons. The van der Waals surface area contributed by atoms with E-state index < -0.39 is 6.10 Å². The van der Waals surface area contributed by atoms with Crippen LogP contribution >= 0.6 is 11.3 Å². The van der Waals surface area contributed by atoms with Gasteiger partial charge in [-0.1, -0.05) is 36.4 Å². The predicted molar refractivity (Wildman–Crippen MR) is 101 cm³/mol. The molecule has 0 spiro atoms. The Morgan fingerprint density at radius 2 is 1.88 bits per heavy atom. The molecule has 4 nitrogen and oxygen atoms in total. The number of ether oxygens (including phenoxy) is 1. The third-order valence-electron chi connectivity index (χ3n) is 3.85. The van der Waals surface area contributed by atoms with Gasteiger partial charge in [-0.3, -0.25) is 9.59 Å². The Morgan fingerprint density at radius 3 is 2.64 bits per heavy atom. The third kappa shape index (κ3) is 4.67.